The summed E-state index contributed by atoms with van der Waals surface area (Å²) in [6.07, 6.45) is 1.10. The molecule has 5 nitrogen and oxygen atoms in total. The molecule has 0 fully saturated rings. The average Bonchev–Trinajstić information content (AvgIpc) is 2.41. The van der Waals surface area contributed by atoms with Gasteiger partial charge in [0, 0.05) is 22.0 Å². The van der Waals surface area contributed by atoms with Gasteiger partial charge in [-0.1, -0.05) is 12.1 Å². The van der Waals surface area contributed by atoms with Crippen molar-refractivity contribution in [2.45, 2.75) is 4.90 Å². The normalized spacial score (nSPS) is 11.1. The van der Waals surface area contributed by atoms with Crippen molar-refractivity contribution in [2.24, 2.45) is 0 Å². The van der Waals surface area contributed by atoms with E-state index < -0.39 is 15.7 Å². The van der Waals surface area contributed by atoms with Crippen LogP contribution in [0.25, 0.3) is 0 Å². The zero-order valence-electron chi connectivity index (χ0n) is 11.1. The lowest BCUT2D eigenvalue weighted by Gasteiger charge is -2.10. The number of nitrogens with one attached hydrogen (secondary N) is 1. The van der Waals surface area contributed by atoms with Gasteiger partial charge in [-0.15, -0.1) is 0 Å². The van der Waals surface area contributed by atoms with Crippen LogP contribution < -0.4 is 11.1 Å². The van der Waals surface area contributed by atoms with Crippen LogP contribution in [-0.2, 0) is 9.84 Å². The van der Waals surface area contributed by atoms with Crippen molar-refractivity contribution in [3.05, 3.63) is 52.5 Å². The number of carbonyl (C=O) groups is 1. The first-order chi connectivity index (χ1) is 9.79. The van der Waals surface area contributed by atoms with Crippen molar-refractivity contribution >= 4 is 43.0 Å². The highest BCUT2D eigenvalue weighted by molar-refractivity contribution is 9.10. The molecule has 2 aromatic carbocycles. The molecule has 0 saturated carbocycles. The Hall–Kier alpha value is -1.86. The molecule has 7 heteroatoms. The number of nitrogen functional groups attached to an aromatic ring is 1. The first-order valence-corrected chi connectivity index (χ1v) is 8.63. The molecule has 0 heterocycles. The molecule has 0 aliphatic heterocycles. The standard InChI is InChI=1S/C14H13BrN2O3S/c1-21(19,20)13-5-3-2-4-12(13)17-14(18)9-6-7-11(16)10(15)8-9/h2-8H,16H2,1H3,(H,17,18). The number of hydrogen-bond donors (Lipinski definition) is 2. The molecule has 0 saturated heterocycles. The molecule has 0 bridgehead atoms. The molecule has 1 amide bonds. The van der Waals surface area contributed by atoms with Gasteiger partial charge in [0.2, 0.25) is 0 Å². The van der Waals surface area contributed by atoms with Gasteiger partial charge < -0.3 is 11.1 Å². The van der Waals surface area contributed by atoms with Crippen LogP contribution in [0.5, 0.6) is 0 Å². The predicted molar refractivity (Wildman–Crippen MR) is 86.1 cm³/mol. The number of amides is 1. The lowest BCUT2D eigenvalue weighted by atomic mass is 10.2. The third-order valence-electron chi connectivity index (χ3n) is 2.80. The van der Waals surface area contributed by atoms with Crippen LogP contribution in [0.2, 0.25) is 0 Å². The maximum atomic E-state index is 12.2. The fourth-order valence-corrected chi connectivity index (χ4v) is 2.98. The van der Waals surface area contributed by atoms with Crippen molar-refractivity contribution in [3.8, 4) is 0 Å². The van der Waals surface area contributed by atoms with Gasteiger partial charge in [0.25, 0.3) is 5.91 Å². The van der Waals surface area contributed by atoms with Crippen molar-refractivity contribution in [3.63, 3.8) is 0 Å². The summed E-state index contributed by atoms with van der Waals surface area (Å²) in [6.45, 7) is 0. The van der Waals surface area contributed by atoms with E-state index in [2.05, 4.69) is 21.2 Å². The fourth-order valence-electron chi connectivity index (χ4n) is 1.76. The average molecular weight is 369 g/mol. The monoisotopic (exact) mass is 368 g/mol. The van der Waals surface area contributed by atoms with E-state index in [4.69, 9.17) is 5.73 Å². The van der Waals surface area contributed by atoms with E-state index in [9.17, 15) is 13.2 Å². The Morgan fingerprint density at radius 1 is 1.19 bits per heavy atom. The predicted octanol–water partition coefficient (Wildman–Crippen LogP) is 2.69. The van der Waals surface area contributed by atoms with E-state index >= 15 is 0 Å². The fraction of sp³-hybridized carbons (Fsp3) is 0.0714. The second-order valence-electron chi connectivity index (χ2n) is 4.46. The Bertz CT molecular complexity index is 804. The summed E-state index contributed by atoms with van der Waals surface area (Å²) in [6, 6.07) is 11.0. The number of nitrogens with two attached hydrogens (primary N) is 1. The topological polar surface area (TPSA) is 89.3 Å². The quantitative estimate of drug-likeness (QED) is 0.815. The van der Waals surface area contributed by atoms with Crippen LogP contribution in [0.1, 0.15) is 10.4 Å². The van der Waals surface area contributed by atoms with Crippen LogP contribution in [0.3, 0.4) is 0 Å². The summed E-state index contributed by atoms with van der Waals surface area (Å²) < 4.78 is 24.0. The lowest BCUT2D eigenvalue weighted by molar-refractivity contribution is 0.102. The Balaban J connectivity index is 2.34. The second kappa shape index (κ2) is 5.87. The number of hydrogen-bond acceptors (Lipinski definition) is 4. The highest BCUT2D eigenvalue weighted by atomic mass is 79.9. The second-order valence-corrected chi connectivity index (χ2v) is 7.30. The lowest BCUT2D eigenvalue weighted by Crippen LogP contribution is -2.14. The molecule has 3 N–H and O–H groups in total. The van der Waals surface area contributed by atoms with E-state index in [1.807, 2.05) is 0 Å². The highest BCUT2D eigenvalue weighted by Gasteiger charge is 2.15. The Labute approximate surface area is 131 Å². The molecule has 0 aliphatic rings. The zero-order valence-corrected chi connectivity index (χ0v) is 13.5. The van der Waals surface area contributed by atoms with E-state index in [1.54, 1.807) is 36.4 Å². The molecule has 0 spiro atoms. The Morgan fingerprint density at radius 3 is 2.48 bits per heavy atom. The molecule has 21 heavy (non-hydrogen) atoms. The number of rotatable bonds is 3. The van der Waals surface area contributed by atoms with Gasteiger partial charge in [-0.05, 0) is 46.3 Å². The summed E-state index contributed by atoms with van der Waals surface area (Å²) in [7, 11) is -3.42. The van der Waals surface area contributed by atoms with Crippen LogP contribution in [0.4, 0.5) is 11.4 Å². The van der Waals surface area contributed by atoms with E-state index in [-0.39, 0.29) is 10.6 Å². The van der Waals surface area contributed by atoms with E-state index in [0.717, 1.165) is 6.26 Å². The maximum Gasteiger partial charge on any atom is 0.255 e. The number of sulfone groups is 1. The molecule has 2 aromatic rings. The van der Waals surface area contributed by atoms with Gasteiger partial charge in [-0.25, -0.2) is 8.42 Å². The van der Waals surface area contributed by atoms with Crippen molar-refractivity contribution in [2.75, 3.05) is 17.3 Å². The number of halogens is 1. The first-order valence-electron chi connectivity index (χ1n) is 5.94. The smallest absolute Gasteiger partial charge is 0.255 e. The SMILES string of the molecule is CS(=O)(=O)c1ccccc1NC(=O)c1ccc(N)c(Br)c1. The number of carbonyl (C=O) groups excluding carboxylic acids is 1. The molecule has 2 rings (SSSR count). The van der Waals surface area contributed by atoms with Crippen LogP contribution in [0.15, 0.2) is 51.8 Å². The van der Waals surface area contributed by atoms with Gasteiger partial charge in [-0.3, -0.25) is 4.79 Å². The summed E-state index contributed by atoms with van der Waals surface area (Å²) >= 11 is 3.25. The van der Waals surface area contributed by atoms with Gasteiger partial charge in [0.15, 0.2) is 9.84 Å². The minimum Gasteiger partial charge on any atom is -0.398 e. The Kier molecular flexibility index (Phi) is 4.34. The summed E-state index contributed by atoms with van der Waals surface area (Å²) in [5.74, 6) is -0.410. The van der Waals surface area contributed by atoms with Crippen LogP contribution in [-0.4, -0.2) is 20.6 Å². The first kappa shape index (κ1) is 15.5. The summed E-state index contributed by atoms with van der Waals surface area (Å²) in [4.78, 5) is 12.3. The largest absolute Gasteiger partial charge is 0.398 e. The molecule has 0 unspecified atom stereocenters. The minimum atomic E-state index is -3.42. The molecular formula is C14H13BrN2O3S. The maximum absolute atomic E-state index is 12.2. The Morgan fingerprint density at radius 2 is 1.86 bits per heavy atom. The molecule has 0 aromatic heterocycles. The van der Waals surface area contributed by atoms with Crippen molar-refractivity contribution in [1.29, 1.82) is 0 Å². The summed E-state index contributed by atoms with van der Waals surface area (Å²) in [5, 5.41) is 2.60. The van der Waals surface area contributed by atoms with Crippen LogP contribution in [0, 0.1) is 0 Å². The molecule has 0 aliphatic carbocycles. The van der Waals surface area contributed by atoms with E-state index in [0.29, 0.717) is 15.7 Å². The third kappa shape index (κ3) is 3.62. The molecule has 110 valence electrons. The van der Waals surface area contributed by atoms with Gasteiger partial charge in [0.1, 0.15) is 0 Å². The molecule has 0 atom stereocenters. The number of anilines is 2. The molecule has 0 radical (unpaired) electrons. The van der Waals surface area contributed by atoms with E-state index in [1.165, 1.54) is 6.07 Å². The van der Waals surface area contributed by atoms with Crippen molar-refractivity contribution in [1.82, 2.24) is 0 Å². The summed E-state index contributed by atoms with van der Waals surface area (Å²) in [5.41, 5.74) is 6.80. The number of para-hydroxylation sites is 1. The van der Waals surface area contributed by atoms with Crippen molar-refractivity contribution < 1.29 is 13.2 Å². The van der Waals surface area contributed by atoms with Gasteiger partial charge >= 0.3 is 0 Å². The number of benzene rings is 2. The molecular weight excluding hydrogens is 356 g/mol. The van der Waals surface area contributed by atoms with Gasteiger partial charge in [0.05, 0.1) is 10.6 Å². The minimum absolute atomic E-state index is 0.0767. The highest BCUT2D eigenvalue weighted by Crippen LogP contribution is 2.23. The van der Waals surface area contributed by atoms with Gasteiger partial charge in [-0.2, -0.15) is 0 Å². The van der Waals surface area contributed by atoms with Crippen LogP contribution >= 0.6 is 15.9 Å². The third-order valence-corrected chi connectivity index (χ3v) is 4.64. The zero-order chi connectivity index (χ0) is 15.6.